The number of aromatic nitrogens is 2. The second kappa shape index (κ2) is 10.0. The van der Waals surface area contributed by atoms with Gasteiger partial charge in [0.05, 0.1) is 11.0 Å². The number of benzene rings is 3. The molecular formula is C29H33N3O. The van der Waals surface area contributed by atoms with E-state index in [4.69, 9.17) is 4.98 Å². The van der Waals surface area contributed by atoms with Crippen LogP contribution in [0.15, 0.2) is 66.7 Å². The number of carbonyl (C=O) groups excluding carboxylic acids is 1. The van der Waals surface area contributed by atoms with E-state index in [-0.39, 0.29) is 5.91 Å². The van der Waals surface area contributed by atoms with Gasteiger partial charge in [0.15, 0.2) is 0 Å². The highest BCUT2D eigenvalue weighted by Gasteiger charge is 2.15. The first kappa shape index (κ1) is 22.8. The molecule has 170 valence electrons. The molecule has 0 aliphatic rings. The topological polar surface area (TPSA) is 38.1 Å². The predicted octanol–water partition coefficient (Wildman–Crippen LogP) is 6.78. The fourth-order valence-corrected chi connectivity index (χ4v) is 4.33. The Labute approximate surface area is 196 Å². The van der Waals surface area contributed by atoms with E-state index in [0.29, 0.717) is 6.42 Å². The first-order chi connectivity index (χ1) is 16.0. The van der Waals surface area contributed by atoms with Gasteiger partial charge in [0.1, 0.15) is 5.82 Å². The number of hydrogen-bond donors (Lipinski definition) is 0. The van der Waals surface area contributed by atoms with Gasteiger partial charge in [-0.15, -0.1) is 0 Å². The zero-order valence-corrected chi connectivity index (χ0v) is 20.1. The maximum absolute atomic E-state index is 12.2. The minimum absolute atomic E-state index is 0.105. The Hall–Kier alpha value is -3.40. The van der Waals surface area contributed by atoms with Crippen LogP contribution >= 0.6 is 0 Å². The molecule has 0 N–H and O–H groups in total. The highest BCUT2D eigenvalue weighted by molar-refractivity contribution is 5.94. The number of rotatable bonds is 8. The number of fused-ring (bicyclic) bond motifs is 1. The number of nitrogens with zero attached hydrogens (tertiary/aromatic N) is 3. The highest BCUT2D eigenvalue weighted by Crippen LogP contribution is 2.27. The van der Waals surface area contributed by atoms with E-state index in [9.17, 15) is 4.79 Å². The molecule has 1 heterocycles. The van der Waals surface area contributed by atoms with E-state index in [0.717, 1.165) is 48.4 Å². The minimum atomic E-state index is 0.105. The number of unbranched alkanes of at least 4 members (excludes halogenated alkanes) is 1. The van der Waals surface area contributed by atoms with Crippen molar-refractivity contribution in [1.29, 1.82) is 0 Å². The number of hydrogen-bond acceptors (Lipinski definition) is 2. The van der Waals surface area contributed by atoms with Crippen LogP contribution < -0.4 is 4.90 Å². The van der Waals surface area contributed by atoms with E-state index < -0.39 is 0 Å². The summed E-state index contributed by atoms with van der Waals surface area (Å²) in [6.07, 6.45) is 3.68. The van der Waals surface area contributed by atoms with E-state index in [1.807, 2.05) is 26.1 Å². The second-order valence-corrected chi connectivity index (χ2v) is 8.71. The molecule has 4 rings (SSSR count). The third kappa shape index (κ3) is 4.85. The second-order valence-electron chi connectivity index (χ2n) is 8.71. The Morgan fingerprint density at radius 3 is 2.45 bits per heavy atom. The van der Waals surface area contributed by atoms with Crippen LogP contribution in [0, 0.1) is 6.92 Å². The molecule has 4 nitrogen and oxygen atoms in total. The number of imidazole rings is 1. The monoisotopic (exact) mass is 439 g/mol. The van der Waals surface area contributed by atoms with Gasteiger partial charge >= 0.3 is 0 Å². The summed E-state index contributed by atoms with van der Waals surface area (Å²) in [6, 6.07) is 23.5. The average Bonchev–Trinajstić information content (AvgIpc) is 3.19. The van der Waals surface area contributed by atoms with Crippen molar-refractivity contribution in [2.45, 2.75) is 53.0 Å². The molecule has 0 saturated carbocycles. The predicted molar refractivity (Wildman–Crippen MR) is 138 cm³/mol. The Bertz CT molecular complexity index is 1250. The quantitative estimate of drug-likeness (QED) is 0.304. The van der Waals surface area contributed by atoms with Gasteiger partial charge in [0.2, 0.25) is 5.91 Å². The van der Waals surface area contributed by atoms with Gasteiger partial charge in [0, 0.05) is 32.1 Å². The van der Waals surface area contributed by atoms with Gasteiger partial charge in [0.25, 0.3) is 0 Å². The van der Waals surface area contributed by atoms with Crippen molar-refractivity contribution in [3.8, 4) is 11.1 Å². The van der Waals surface area contributed by atoms with Crippen LogP contribution in [0.5, 0.6) is 0 Å². The third-order valence-corrected chi connectivity index (χ3v) is 6.38. The first-order valence-corrected chi connectivity index (χ1v) is 11.9. The zero-order chi connectivity index (χ0) is 23.4. The molecule has 1 amide bonds. The van der Waals surface area contributed by atoms with Crippen molar-refractivity contribution < 1.29 is 4.79 Å². The molecule has 0 atom stereocenters. The minimum Gasteiger partial charge on any atom is -0.323 e. The number of anilines is 1. The largest absolute Gasteiger partial charge is 0.323 e. The van der Waals surface area contributed by atoms with Crippen molar-refractivity contribution in [2.24, 2.45) is 0 Å². The van der Waals surface area contributed by atoms with Gasteiger partial charge in [-0.2, -0.15) is 0 Å². The summed E-state index contributed by atoms with van der Waals surface area (Å²) in [5, 5.41) is 0. The molecule has 0 aliphatic carbocycles. The maximum Gasteiger partial charge on any atom is 0.226 e. The SMILES string of the molecule is CCCCc1nc2cc(N(C)C(=O)CC)ccc2n1Cc1ccc(-c2ccccc2C)cc1. The summed E-state index contributed by atoms with van der Waals surface area (Å²) >= 11 is 0. The Morgan fingerprint density at radius 2 is 1.76 bits per heavy atom. The molecule has 0 fully saturated rings. The fraction of sp³-hybridized carbons (Fsp3) is 0.310. The molecule has 33 heavy (non-hydrogen) atoms. The lowest BCUT2D eigenvalue weighted by atomic mass is 9.99. The summed E-state index contributed by atoms with van der Waals surface area (Å²) in [4.78, 5) is 18.8. The van der Waals surface area contributed by atoms with Crippen molar-refractivity contribution in [2.75, 3.05) is 11.9 Å². The van der Waals surface area contributed by atoms with Crippen LogP contribution in [-0.4, -0.2) is 22.5 Å². The molecule has 0 spiro atoms. The highest BCUT2D eigenvalue weighted by atomic mass is 16.2. The summed E-state index contributed by atoms with van der Waals surface area (Å²) in [7, 11) is 1.83. The van der Waals surface area contributed by atoms with Crippen LogP contribution in [0.25, 0.3) is 22.2 Å². The number of amides is 1. The van der Waals surface area contributed by atoms with Crippen LogP contribution in [0.4, 0.5) is 5.69 Å². The molecule has 0 radical (unpaired) electrons. The van der Waals surface area contributed by atoms with Gasteiger partial charge in [-0.05, 0) is 53.8 Å². The smallest absolute Gasteiger partial charge is 0.226 e. The van der Waals surface area contributed by atoms with Crippen molar-refractivity contribution in [1.82, 2.24) is 9.55 Å². The average molecular weight is 440 g/mol. The Kier molecular flexibility index (Phi) is 6.93. The number of carbonyl (C=O) groups is 1. The summed E-state index contributed by atoms with van der Waals surface area (Å²) in [5.41, 5.74) is 8.02. The zero-order valence-electron chi connectivity index (χ0n) is 20.1. The fourth-order valence-electron chi connectivity index (χ4n) is 4.33. The normalized spacial score (nSPS) is 11.2. The van der Waals surface area contributed by atoms with Crippen molar-refractivity contribution in [3.63, 3.8) is 0 Å². The lowest BCUT2D eigenvalue weighted by Gasteiger charge is -2.16. The third-order valence-electron chi connectivity index (χ3n) is 6.38. The van der Waals surface area contributed by atoms with Crippen LogP contribution in [0.1, 0.15) is 50.1 Å². The molecule has 4 aromatic rings. The Balaban J connectivity index is 1.67. The standard InChI is InChI=1S/C29H33N3O/c1-5-7-12-28-30-26-19-24(31(4)29(33)6-2)17-18-27(26)32(28)20-22-13-15-23(16-14-22)25-11-9-8-10-21(25)3/h8-11,13-19H,5-7,12,20H2,1-4H3. The van der Waals surface area contributed by atoms with E-state index >= 15 is 0 Å². The first-order valence-electron chi connectivity index (χ1n) is 11.9. The molecule has 1 aromatic heterocycles. The molecule has 0 bridgehead atoms. The molecule has 3 aromatic carbocycles. The van der Waals surface area contributed by atoms with E-state index in [2.05, 4.69) is 73.0 Å². The van der Waals surface area contributed by atoms with Crippen LogP contribution in [0.3, 0.4) is 0 Å². The van der Waals surface area contributed by atoms with E-state index in [1.54, 1.807) is 4.90 Å². The molecule has 4 heteroatoms. The van der Waals surface area contributed by atoms with Crippen molar-refractivity contribution >= 4 is 22.6 Å². The number of aryl methyl sites for hydroxylation is 2. The van der Waals surface area contributed by atoms with Gasteiger partial charge in [-0.25, -0.2) is 4.98 Å². The van der Waals surface area contributed by atoms with Gasteiger partial charge in [-0.3, -0.25) is 4.79 Å². The van der Waals surface area contributed by atoms with Crippen molar-refractivity contribution in [3.05, 3.63) is 83.7 Å². The molecule has 0 saturated heterocycles. The molecule has 0 aliphatic heterocycles. The van der Waals surface area contributed by atoms with Gasteiger partial charge < -0.3 is 9.47 Å². The van der Waals surface area contributed by atoms with E-state index in [1.165, 1.54) is 22.3 Å². The summed E-state index contributed by atoms with van der Waals surface area (Å²) in [5.74, 6) is 1.21. The summed E-state index contributed by atoms with van der Waals surface area (Å²) in [6.45, 7) is 7.04. The lowest BCUT2D eigenvalue weighted by molar-refractivity contribution is -0.118. The van der Waals surface area contributed by atoms with Crippen LogP contribution in [-0.2, 0) is 17.8 Å². The lowest BCUT2D eigenvalue weighted by Crippen LogP contribution is -2.24. The Morgan fingerprint density at radius 1 is 1.00 bits per heavy atom. The maximum atomic E-state index is 12.2. The van der Waals surface area contributed by atoms with Gasteiger partial charge in [-0.1, -0.05) is 68.8 Å². The molecule has 0 unspecified atom stereocenters. The molecular weight excluding hydrogens is 406 g/mol. The van der Waals surface area contributed by atoms with Crippen LogP contribution in [0.2, 0.25) is 0 Å². The summed E-state index contributed by atoms with van der Waals surface area (Å²) < 4.78 is 2.33.